The molecule has 2 amide bonds. The molecule has 1 atom stereocenters. The molecule has 8 nitrogen and oxygen atoms in total. The molecule has 31 heavy (non-hydrogen) atoms. The van der Waals surface area contributed by atoms with E-state index in [0.717, 1.165) is 8.61 Å². The SMILES string of the molecule is CNC(=O)[C@@H](C)N(Cc1ccc(F)cc1)C(=O)CN(c1ccccc1)S(=O)(=O)N(C)C. The number of hydrogen-bond acceptors (Lipinski definition) is 4. The summed E-state index contributed by atoms with van der Waals surface area (Å²) in [6.07, 6.45) is 0. The van der Waals surface area contributed by atoms with Crippen LogP contribution in [0.2, 0.25) is 0 Å². The molecule has 10 heteroatoms. The first-order valence-corrected chi connectivity index (χ1v) is 11.0. The van der Waals surface area contributed by atoms with Crippen molar-refractivity contribution in [2.24, 2.45) is 0 Å². The molecule has 0 saturated carbocycles. The van der Waals surface area contributed by atoms with Crippen molar-refractivity contribution in [2.45, 2.75) is 19.5 Å². The van der Waals surface area contributed by atoms with Gasteiger partial charge in [0, 0.05) is 27.7 Å². The van der Waals surface area contributed by atoms with Crippen molar-refractivity contribution in [2.75, 3.05) is 32.0 Å². The smallest absolute Gasteiger partial charge is 0.304 e. The third-order valence-corrected chi connectivity index (χ3v) is 6.56. The van der Waals surface area contributed by atoms with Gasteiger partial charge in [-0.1, -0.05) is 30.3 Å². The lowest BCUT2D eigenvalue weighted by atomic mass is 10.1. The Balaban J connectivity index is 2.40. The summed E-state index contributed by atoms with van der Waals surface area (Å²) >= 11 is 0. The first-order valence-electron chi connectivity index (χ1n) is 9.58. The molecule has 0 heterocycles. The molecule has 0 saturated heterocycles. The first kappa shape index (κ1) is 24.3. The molecule has 0 aromatic heterocycles. The van der Waals surface area contributed by atoms with Gasteiger partial charge in [0.15, 0.2) is 0 Å². The average molecular weight is 451 g/mol. The number of carbonyl (C=O) groups excluding carboxylic acids is 2. The van der Waals surface area contributed by atoms with Gasteiger partial charge < -0.3 is 10.2 Å². The van der Waals surface area contributed by atoms with Crippen LogP contribution in [0.4, 0.5) is 10.1 Å². The zero-order valence-electron chi connectivity index (χ0n) is 17.9. The second-order valence-corrected chi connectivity index (χ2v) is 9.14. The maximum atomic E-state index is 13.3. The molecule has 0 aliphatic rings. The van der Waals surface area contributed by atoms with Gasteiger partial charge in [-0.3, -0.25) is 9.59 Å². The summed E-state index contributed by atoms with van der Waals surface area (Å²) in [5.41, 5.74) is 0.922. The summed E-state index contributed by atoms with van der Waals surface area (Å²) in [7, 11) is 0.217. The minimum Gasteiger partial charge on any atom is -0.357 e. The Morgan fingerprint density at radius 3 is 2.13 bits per heavy atom. The molecule has 0 unspecified atom stereocenters. The monoisotopic (exact) mass is 450 g/mol. The average Bonchev–Trinajstić information content (AvgIpc) is 2.76. The fourth-order valence-electron chi connectivity index (χ4n) is 2.89. The van der Waals surface area contributed by atoms with E-state index in [2.05, 4.69) is 5.32 Å². The highest BCUT2D eigenvalue weighted by molar-refractivity contribution is 7.90. The lowest BCUT2D eigenvalue weighted by molar-refractivity contribution is -0.139. The first-order chi connectivity index (χ1) is 14.6. The predicted octanol–water partition coefficient (Wildman–Crippen LogP) is 1.60. The summed E-state index contributed by atoms with van der Waals surface area (Å²) in [4.78, 5) is 26.8. The van der Waals surface area contributed by atoms with E-state index < -0.39 is 40.4 Å². The summed E-state index contributed by atoms with van der Waals surface area (Å²) < 4.78 is 41.1. The largest absolute Gasteiger partial charge is 0.357 e. The van der Waals surface area contributed by atoms with Crippen molar-refractivity contribution >= 4 is 27.7 Å². The predicted molar refractivity (Wildman–Crippen MR) is 117 cm³/mol. The van der Waals surface area contributed by atoms with Gasteiger partial charge >= 0.3 is 10.2 Å². The highest BCUT2D eigenvalue weighted by Crippen LogP contribution is 2.20. The van der Waals surface area contributed by atoms with Crippen molar-refractivity contribution in [3.63, 3.8) is 0 Å². The molecule has 0 fully saturated rings. The van der Waals surface area contributed by atoms with Crippen LogP contribution in [-0.2, 0) is 26.3 Å². The van der Waals surface area contributed by atoms with Crippen molar-refractivity contribution in [1.29, 1.82) is 0 Å². The van der Waals surface area contributed by atoms with Gasteiger partial charge in [-0.2, -0.15) is 12.7 Å². The summed E-state index contributed by atoms with van der Waals surface area (Å²) in [6, 6.07) is 12.9. The third kappa shape index (κ3) is 6.02. The Bertz CT molecular complexity index is 998. The Morgan fingerprint density at radius 1 is 1.03 bits per heavy atom. The molecule has 0 bridgehead atoms. The maximum Gasteiger partial charge on any atom is 0.304 e. The molecule has 1 N–H and O–H groups in total. The number of hydrogen-bond donors (Lipinski definition) is 1. The highest BCUT2D eigenvalue weighted by Gasteiger charge is 2.32. The van der Waals surface area contributed by atoms with Crippen LogP contribution >= 0.6 is 0 Å². The number of halogens is 1. The minimum atomic E-state index is -3.98. The van der Waals surface area contributed by atoms with Crippen LogP contribution in [0.1, 0.15) is 12.5 Å². The summed E-state index contributed by atoms with van der Waals surface area (Å²) in [5.74, 6) is -1.40. The number of amides is 2. The van der Waals surface area contributed by atoms with E-state index in [1.165, 1.54) is 50.3 Å². The van der Waals surface area contributed by atoms with Crippen LogP contribution in [-0.4, -0.2) is 63.2 Å². The molecular formula is C21H27FN4O4S. The maximum absolute atomic E-state index is 13.3. The van der Waals surface area contributed by atoms with Crippen LogP contribution in [0.25, 0.3) is 0 Å². The van der Waals surface area contributed by atoms with Gasteiger partial charge in [0.2, 0.25) is 11.8 Å². The van der Waals surface area contributed by atoms with Crippen molar-refractivity contribution in [3.05, 3.63) is 66.0 Å². The van der Waals surface area contributed by atoms with Crippen LogP contribution in [0.5, 0.6) is 0 Å². The fraction of sp³-hybridized carbons (Fsp3) is 0.333. The molecule has 0 aliphatic carbocycles. The number of nitrogens with one attached hydrogen (secondary N) is 1. The quantitative estimate of drug-likeness (QED) is 0.629. The van der Waals surface area contributed by atoms with Gasteiger partial charge in [0.05, 0.1) is 5.69 Å². The molecule has 2 aromatic carbocycles. The molecule has 0 radical (unpaired) electrons. The Kier molecular flexibility index (Phi) is 8.12. The van der Waals surface area contributed by atoms with Crippen molar-refractivity contribution < 1.29 is 22.4 Å². The van der Waals surface area contributed by atoms with E-state index in [1.54, 1.807) is 37.3 Å². The van der Waals surface area contributed by atoms with E-state index in [9.17, 15) is 22.4 Å². The summed E-state index contributed by atoms with van der Waals surface area (Å²) in [5, 5.41) is 2.50. The number of likely N-dealkylation sites (N-methyl/N-ethyl adjacent to an activating group) is 1. The number of carbonyl (C=O) groups is 2. The van der Waals surface area contributed by atoms with Crippen molar-refractivity contribution in [1.82, 2.24) is 14.5 Å². The Hall–Kier alpha value is -2.98. The third-order valence-electron chi connectivity index (χ3n) is 4.74. The highest BCUT2D eigenvalue weighted by atomic mass is 32.2. The minimum absolute atomic E-state index is 0.0122. The van der Waals surface area contributed by atoms with Gasteiger partial charge in [0.25, 0.3) is 0 Å². The molecule has 0 aliphatic heterocycles. The normalized spacial score (nSPS) is 12.3. The zero-order chi connectivity index (χ0) is 23.2. The Morgan fingerprint density at radius 2 is 1.61 bits per heavy atom. The van der Waals surface area contributed by atoms with Gasteiger partial charge in [-0.15, -0.1) is 0 Å². The van der Waals surface area contributed by atoms with Crippen molar-refractivity contribution in [3.8, 4) is 0 Å². The number of para-hydroxylation sites is 1. The number of anilines is 1. The van der Waals surface area contributed by atoms with E-state index in [1.807, 2.05) is 0 Å². The van der Waals surface area contributed by atoms with Crippen LogP contribution in [0, 0.1) is 5.82 Å². The zero-order valence-corrected chi connectivity index (χ0v) is 18.8. The van der Waals surface area contributed by atoms with E-state index in [4.69, 9.17) is 0 Å². The Labute approximate surface area is 182 Å². The standard InChI is InChI=1S/C21H27FN4O4S/c1-16(21(28)23-2)25(14-17-10-12-18(22)13-11-17)20(27)15-26(31(29,30)24(3)4)19-8-6-5-7-9-19/h5-13,16H,14-15H2,1-4H3,(H,23,28)/t16-/m1/s1. The van der Waals surface area contributed by atoms with Crippen LogP contribution < -0.4 is 9.62 Å². The van der Waals surface area contributed by atoms with Gasteiger partial charge in [-0.25, -0.2) is 8.70 Å². The molecule has 2 rings (SSSR count). The molecular weight excluding hydrogens is 423 g/mol. The second kappa shape index (κ2) is 10.4. The second-order valence-electron chi connectivity index (χ2n) is 7.07. The molecule has 2 aromatic rings. The topological polar surface area (TPSA) is 90.0 Å². The van der Waals surface area contributed by atoms with Gasteiger partial charge in [0.1, 0.15) is 18.4 Å². The van der Waals surface area contributed by atoms with Crippen LogP contribution in [0.15, 0.2) is 54.6 Å². The lowest BCUT2D eigenvalue weighted by Gasteiger charge is -2.32. The van der Waals surface area contributed by atoms with E-state index in [0.29, 0.717) is 11.3 Å². The molecule has 168 valence electrons. The number of rotatable bonds is 9. The van der Waals surface area contributed by atoms with E-state index in [-0.39, 0.29) is 6.54 Å². The number of nitrogens with zero attached hydrogens (tertiary/aromatic N) is 3. The number of benzene rings is 2. The van der Waals surface area contributed by atoms with E-state index >= 15 is 0 Å². The lowest BCUT2D eigenvalue weighted by Crippen LogP contribution is -2.52. The molecule has 0 spiro atoms. The fourth-order valence-corrected chi connectivity index (χ4v) is 3.95. The van der Waals surface area contributed by atoms with Crippen LogP contribution in [0.3, 0.4) is 0 Å². The summed E-state index contributed by atoms with van der Waals surface area (Å²) in [6.45, 7) is 1.05. The van der Waals surface area contributed by atoms with Gasteiger partial charge in [-0.05, 0) is 36.8 Å².